The van der Waals surface area contributed by atoms with E-state index in [1.165, 1.54) is 156 Å². The summed E-state index contributed by atoms with van der Waals surface area (Å²) in [4.78, 5) is 4.91. The molecular weight excluding hydrogens is 1530 g/mol. The summed E-state index contributed by atoms with van der Waals surface area (Å²) in [6.45, 7) is 9.80. The lowest BCUT2D eigenvalue weighted by Gasteiger charge is -2.33. The van der Waals surface area contributed by atoms with E-state index in [0.29, 0.717) is 0 Å². The fourth-order valence-electron chi connectivity index (χ4n) is 24.2. The van der Waals surface area contributed by atoms with Crippen LogP contribution in [0.3, 0.4) is 0 Å². The number of hydrogen-bond donors (Lipinski definition) is 0. The van der Waals surface area contributed by atoms with Crippen LogP contribution in [-0.2, 0) is 21.7 Å². The van der Waals surface area contributed by atoms with Crippen molar-refractivity contribution in [3.63, 3.8) is 0 Å². The number of fused-ring (bicyclic) bond motifs is 34. The molecule has 590 valence electrons. The molecule has 0 amide bonds. The van der Waals surface area contributed by atoms with Gasteiger partial charge in [-0.15, -0.1) is 0 Å². The minimum Gasteiger partial charge on any atom is -0.456 e. The molecule has 2 heterocycles. The molecule has 6 aliphatic carbocycles. The summed E-state index contributed by atoms with van der Waals surface area (Å²) in [5, 5.41) is 4.31. The van der Waals surface area contributed by atoms with Gasteiger partial charge in [-0.05, 0) is 263 Å². The molecule has 0 radical (unpaired) electrons. The summed E-state index contributed by atoms with van der Waals surface area (Å²) in [5.74, 6) is 0. The molecule has 0 saturated carbocycles. The van der Waals surface area contributed by atoms with Gasteiger partial charge in [0.2, 0.25) is 0 Å². The Balaban J connectivity index is 0.649. The fourth-order valence-corrected chi connectivity index (χ4v) is 24.2. The third-order valence-corrected chi connectivity index (χ3v) is 29.5. The molecule has 0 aliphatic heterocycles. The Bertz CT molecular complexity index is 8270. The van der Waals surface area contributed by atoms with Crippen LogP contribution in [0.15, 0.2) is 421 Å². The second-order valence-corrected chi connectivity index (χ2v) is 36.3. The molecule has 0 bridgehead atoms. The van der Waals surface area contributed by atoms with E-state index in [9.17, 15) is 0 Å². The third kappa shape index (κ3) is 9.46. The van der Waals surface area contributed by atoms with Gasteiger partial charge in [-0.25, -0.2) is 0 Å². The molecule has 6 aliphatic rings. The van der Waals surface area contributed by atoms with Crippen LogP contribution in [-0.4, -0.2) is 0 Å². The summed E-state index contributed by atoms with van der Waals surface area (Å²) in [7, 11) is 0. The van der Waals surface area contributed by atoms with Gasteiger partial charge < -0.3 is 18.6 Å². The van der Waals surface area contributed by atoms with Crippen molar-refractivity contribution in [2.24, 2.45) is 0 Å². The quantitative estimate of drug-likeness (QED) is 0.137. The fraction of sp³-hybridized carbons (Fsp3) is 0.0656. The topological polar surface area (TPSA) is 32.8 Å². The number of benzene rings is 19. The van der Waals surface area contributed by atoms with E-state index in [1.54, 1.807) is 0 Å². The van der Waals surface area contributed by atoms with Crippen LogP contribution in [0.4, 0.5) is 34.1 Å². The summed E-state index contributed by atoms with van der Waals surface area (Å²) in [6.07, 6.45) is 0. The Morgan fingerprint density at radius 1 is 0.190 bits per heavy atom. The maximum atomic E-state index is 7.43. The normalized spacial score (nSPS) is 16.0. The second-order valence-electron chi connectivity index (χ2n) is 36.3. The maximum Gasteiger partial charge on any atom is 0.159 e. The van der Waals surface area contributed by atoms with Crippen molar-refractivity contribution in [2.45, 2.75) is 49.4 Å². The number of anilines is 6. The minimum atomic E-state index is -0.742. The maximum absolute atomic E-state index is 7.43. The molecule has 21 aromatic rings. The first-order valence-electron chi connectivity index (χ1n) is 44.2. The van der Waals surface area contributed by atoms with E-state index in [0.717, 1.165) is 100 Å². The highest BCUT2D eigenvalue weighted by atomic mass is 16.3. The number of nitrogens with zero attached hydrogens (tertiary/aromatic N) is 2. The third-order valence-electron chi connectivity index (χ3n) is 29.5. The lowest BCUT2D eigenvalue weighted by Crippen LogP contribution is -2.26. The number of para-hydroxylation sites is 3. The van der Waals surface area contributed by atoms with E-state index < -0.39 is 16.2 Å². The predicted molar refractivity (Wildman–Crippen MR) is 520 cm³/mol. The average molecular weight is 1610 g/mol. The van der Waals surface area contributed by atoms with Crippen LogP contribution < -0.4 is 9.80 Å². The van der Waals surface area contributed by atoms with E-state index in [-0.39, 0.29) is 5.41 Å². The lowest BCUT2D eigenvalue weighted by atomic mass is 9.69. The van der Waals surface area contributed by atoms with Crippen molar-refractivity contribution in [1.82, 2.24) is 0 Å². The van der Waals surface area contributed by atoms with Crippen molar-refractivity contribution in [3.05, 3.63) is 479 Å². The Labute approximate surface area is 731 Å². The summed E-state index contributed by atoms with van der Waals surface area (Å²) in [6, 6.07) is 155. The van der Waals surface area contributed by atoms with Crippen LogP contribution in [0.25, 0.3) is 155 Å². The van der Waals surface area contributed by atoms with E-state index in [2.05, 4.69) is 450 Å². The van der Waals surface area contributed by atoms with Gasteiger partial charge in [-0.1, -0.05) is 349 Å². The first-order chi connectivity index (χ1) is 62.0. The molecule has 0 fully saturated rings. The van der Waals surface area contributed by atoms with Crippen molar-refractivity contribution in [3.8, 4) is 111 Å². The van der Waals surface area contributed by atoms with Gasteiger partial charge in [0.25, 0.3) is 0 Å². The van der Waals surface area contributed by atoms with Crippen LogP contribution in [0.1, 0.15) is 94.5 Å². The van der Waals surface area contributed by atoms with Crippen LogP contribution >= 0.6 is 0 Å². The van der Waals surface area contributed by atoms with Gasteiger partial charge in [0, 0.05) is 66.4 Å². The molecule has 2 aromatic heterocycles. The Morgan fingerprint density at radius 2 is 0.587 bits per heavy atom. The van der Waals surface area contributed by atoms with Crippen molar-refractivity contribution >= 4 is 78.0 Å². The average Bonchev–Trinajstić information content (AvgIpc) is 1.49. The van der Waals surface area contributed by atoms with Crippen molar-refractivity contribution in [1.29, 1.82) is 0 Å². The van der Waals surface area contributed by atoms with Gasteiger partial charge in [0.1, 0.15) is 16.7 Å². The van der Waals surface area contributed by atoms with Crippen molar-refractivity contribution < 1.29 is 8.83 Å². The molecule has 2 unspecified atom stereocenters. The molecule has 4 heteroatoms. The number of rotatable bonds is 10. The van der Waals surface area contributed by atoms with E-state index in [4.69, 9.17) is 8.83 Å². The summed E-state index contributed by atoms with van der Waals surface area (Å²) < 4.78 is 14.1. The summed E-state index contributed by atoms with van der Waals surface area (Å²) >= 11 is 0. The zero-order valence-corrected chi connectivity index (χ0v) is 70.0. The zero-order chi connectivity index (χ0) is 83.2. The Morgan fingerprint density at radius 3 is 1.25 bits per heavy atom. The standard InChI is InChI=1S/C122H80N2O2/c1-119(2)98-45-21-18-37-91(98)112-103(119)62-64-105-113(112)92-38-19-24-48-101(92)122(105)102-61-52-78(69-95(102)88-60-57-83(72-108(88)122)124(80-54-50-75(51-55-80)73-28-9-5-10-29-73)109-49-27-43-90-89-42-26-41-85(117(89)126-118(90)109)76-32-13-7-14-33-76)84-40-25-44-94-115-104(120(3,4)116(84)94)63-65-106-114(115)93-39-20-23-47-100(93)121(106)99-46-22-17-36-86(99)87-59-56-82(71-107(87)121)123(79-34-15-8-16-35-79)81-58-67-111-97(70-81)96-68-77(53-66-110(96)125-111)74-30-11-6-12-31-74/h5-72H,1-4H3. The molecule has 27 rings (SSSR count). The number of furan rings is 2. The Hall–Kier alpha value is -15.6. The SMILES string of the molecule is CC1(C)c2ccccc2-c2c1ccc1c2-c2ccccc2C12c1ccc(-c3cccc4c3C(C)(C)c3ccc5c(c3-4)-c3ccccc3C53c4ccccc4-c4ccc(N(c5ccccc5)c5ccc6oc7ccc(-c8ccccc8)cc7c6c5)cc43)cc1-c1ccc(N(c3ccc(-c4ccccc4)cc3)c3cccc4c3oc3c(-c5ccccc5)cccc34)cc12. The highest BCUT2D eigenvalue weighted by Crippen LogP contribution is 2.71. The molecule has 19 aromatic carbocycles. The zero-order valence-electron chi connectivity index (χ0n) is 70.0. The van der Waals surface area contributed by atoms with Crippen LogP contribution in [0.5, 0.6) is 0 Å². The van der Waals surface area contributed by atoms with Gasteiger partial charge >= 0.3 is 0 Å². The molecular formula is C122H80N2O2. The van der Waals surface area contributed by atoms with Gasteiger partial charge in [-0.2, -0.15) is 0 Å². The van der Waals surface area contributed by atoms with Gasteiger partial charge in [0.15, 0.2) is 5.58 Å². The molecule has 126 heavy (non-hydrogen) atoms. The van der Waals surface area contributed by atoms with Crippen LogP contribution in [0, 0.1) is 0 Å². The highest BCUT2D eigenvalue weighted by Gasteiger charge is 2.57. The van der Waals surface area contributed by atoms with E-state index in [1.807, 2.05) is 0 Å². The first-order valence-corrected chi connectivity index (χ1v) is 44.2. The summed E-state index contributed by atoms with van der Waals surface area (Å²) in [5.41, 5.74) is 48.2. The van der Waals surface area contributed by atoms with E-state index >= 15 is 0 Å². The second kappa shape index (κ2) is 26.0. The molecule has 2 spiro atoms. The Kier molecular flexibility index (Phi) is 14.6. The molecule has 0 saturated heterocycles. The minimum absolute atomic E-state index is 0.211. The smallest absolute Gasteiger partial charge is 0.159 e. The monoisotopic (exact) mass is 1600 g/mol. The number of hydrogen-bond acceptors (Lipinski definition) is 4. The lowest BCUT2D eigenvalue weighted by molar-refractivity contribution is 0.660. The van der Waals surface area contributed by atoms with Gasteiger partial charge in [-0.3, -0.25) is 0 Å². The highest BCUT2D eigenvalue weighted by molar-refractivity contribution is 6.15. The largest absolute Gasteiger partial charge is 0.456 e. The molecule has 4 nitrogen and oxygen atoms in total. The van der Waals surface area contributed by atoms with Crippen LogP contribution in [0.2, 0.25) is 0 Å². The molecule has 2 atom stereocenters. The first kappa shape index (κ1) is 71.0. The van der Waals surface area contributed by atoms with Crippen molar-refractivity contribution in [2.75, 3.05) is 9.80 Å². The van der Waals surface area contributed by atoms with Gasteiger partial charge in [0.05, 0.1) is 16.5 Å². The molecule has 0 N–H and O–H groups in total. The predicted octanol–water partition coefficient (Wildman–Crippen LogP) is 32.4.